The van der Waals surface area contributed by atoms with Gasteiger partial charge in [0, 0.05) is 24.9 Å². The number of nitrogens with zero attached hydrogens (tertiary/aromatic N) is 2. The van der Waals surface area contributed by atoms with Crippen molar-refractivity contribution in [1.82, 2.24) is 4.90 Å². The van der Waals surface area contributed by atoms with Gasteiger partial charge in [0.15, 0.2) is 5.96 Å². The lowest BCUT2D eigenvalue weighted by Crippen LogP contribution is -2.32. The summed E-state index contributed by atoms with van der Waals surface area (Å²) < 4.78 is 5.24. The summed E-state index contributed by atoms with van der Waals surface area (Å²) >= 11 is 0. The molecule has 1 fully saturated rings. The number of rotatable bonds is 7. The van der Waals surface area contributed by atoms with Gasteiger partial charge in [0.05, 0.1) is 13.2 Å². The topological polar surface area (TPSA) is 62.9 Å². The summed E-state index contributed by atoms with van der Waals surface area (Å²) in [5, 5.41) is 3.19. The van der Waals surface area contributed by atoms with Crippen LogP contribution in [0, 0.1) is 5.92 Å². The lowest BCUT2D eigenvalue weighted by atomic mass is 9.98. The zero-order chi connectivity index (χ0) is 19.8. The van der Waals surface area contributed by atoms with Crippen LogP contribution in [0.4, 0.5) is 5.69 Å². The predicted octanol–water partition coefficient (Wildman–Crippen LogP) is 4.61. The Labute approximate surface area is 191 Å². The second-order valence-corrected chi connectivity index (χ2v) is 7.70. The van der Waals surface area contributed by atoms with E-state index in [1.165, 1.54) is 37.1 Å². The fourth-order valence-corrected chi connectivity index (χ4v) is 3.58. The maximum absolute atomic E-state index is 6.11. The summed E-state index contributed by atoms with van der Waals surface area (Å²) in [6.45, 7) is 6.86. The third-order valence-electron chi connectivity index (χ3n) is 5.29. The van der Waals surface area contributed by atoms with E-state index < -0.39 is 0 Å². The lowest BCUT2D eigenvalue weighted by molar-refractivity contribution is 0.185. The first-order valence-corrected chi connectivity index (χ1v) is 10.1. The quantitative estimate of drug-likeness (QED) is 0.326. The summed E-state index contributed by atoms with van der Waals surface area (Å²) in [6.07, 6.45) is 2.60. The maximum Gasteiger partial charge on any atom is 0.193 e. The number of aliphatic imine (C=N–C) groups is 1. The molecule has 0 aliphatic carbocycles. The van der Waals surface area contributed by atoms with Crippen molar-refractivity contribution < 1.29 is 4.74 Å². The molecule has 0 atom stereocenters. The van der Waals surface area contributed by atoms with Gasteiger partial charge in [-0.25, -0.2) is 4.99 Å². The van der Waals surface area contributed by atoms with Crippen molar-refractivity contribution in [2.24, 2.45) is 16.6 Å². The molecule has 158 valence electrons. The number of para-hydroxylation sites is 1. The number of halogens is 1. The third kappa shape index (κ3) is 7.60. The number of anilines is 1. The highest BCUT2D eigenvalue weighted by Crippen LogP contribution is 2.19. The van der Waals surface area contributed by atoms with E-state index in [9.17, 15) is 0 Å². The van der Waals surface area contributed by atoms with Crippen LogP contribution in [0.5, 0.6) is 0 Å². The van der Waals surface area contributed by atoms with Crippen LogP contribution in [-0.2, 0) is 24.4 Å². The molecule has 3 N–H and O–H groups in total. The molecular weight excluding hydrogens is 475 g/mol. The van der Waals surface area contributed by atoms with Crippen molar-refractivity contribution in [3.63, 3.8) is 0 Å². The van der Waals surface area contributed by atoms with Gasteiger partial charge in [0.25, 0.3) is 0 Å². The Morgan fingerprint density at radius 2 is 1.86 bits per heavy atom. The Balaban J connectivity index is 0.00000300. The molecule has 6 heteroatoms. The second-order valence-electron chi connectivity index (χ2n) is 7.70. The lowest BCUT2D eigenvalue weighted by Gasteiger charge is -2.30. The van der Waals surface area contributed by atoms with Crippen molar-refractivity contribution in [2.75, 3.05) is 25.5 Å². The van der Waals surface area contributed by atoms with Crippen LogP contribution in [0.2, 0.25) is 0 Å². The number of methoxy groups -OCH3 is 1. The molecule has 1 heterocycles. The number of hydrogen-bond donors (Lipinski definition) is 2. The molecule has 2 aromatic carbocycles. The Bertz CT molecular complexity index is 788. The highest BCUT2D eigenvalue weighted by atomic mass is 127. The van der Waals surface area contributed by atoms with Gasteiger partial charge in [0.2, 0.25) is 0 Å². The van der Waals surface area contributed by atoms with E-state index in [4.69, 9.17) is 10.5 Å². The molecule has 0 aromatic heterocycles. The van der Waals surface area contributed by atoms with Gasteiger partial charge in [-0.05, 0) is 49.0 Å². The minimum atomic E-state index is 0. The number of ether oxygens (including phenoxy) is 1. The number of nitrogens with two attached hydrogens (primary N) is 1. The number of piperidine rings is 1. The van der Waals surface area contributed by atoms with Crippen molar-refractivity contribution >= 4 is 35.6 Å². The van der Waals surface area contributed by atoms with Crippen LogP contribution in [0.1, 0.15) is 36.5 Å². The first-order chi connectivity index (χ1) is 13.6. The predicted molar refractivity (Wildman–Crippen MR) is 132 cm³/mol. The standard InChI is InChI=1S/C23H32N4O.HI/c1-18-10-12-27(13-11-18)16-20-7-5-6-19(14-20)15-25-23(24)26-22-9-4-3-8-21(22)17-28-2;/h3-9,14,18H,10-13,15-17H2,1-2H3,(H3,24,25,26);1H. The van der Waals surface area contributed by atoms with Crippen LogP contribution in [0.15, 0.2) is 53.5 Å². The van der Waals surface area contributed by atoms with Gasteiger partial charge in [-0.1, -0.05) is 49.4 Å². The maximum atomic E-state index is 6.11. The largest absolute Gasteiger partial charge is 0.380 e. The first kappa shape index (κ1) is 23.6. The molecule has 0 bridgehead atoms. The zero-order valence-electron chi connectivity index (χ0n) is 17.4. The Morgan fingerprint density at radius 3 is 2.62 bits per heavy atom. The SMILES string of the molecule is COCc1ccccc1NC(N)=NCc1cccc(CN2CCC(C)CC2)c1.I. The highest BCUT2D eigenvalue weighted by molar-refractivity contribution is 14.0. The van der Waals surface area contributed by atoms with Crippen molar-refractivity contribution in [3.05, 3.63) is 65.2 Å². The monoisotopic (exact) mass is 508 g/mol. The summed E-state index contributed by atoms with van der Waals surface area (Å²) in [7, 11) is 1.69. The van der Waals surface area contributed by atoms with Crippen LogP contribution in [0.3, 0.4) is 0 Å². The molecule has 0 radical (unpaired) electrons. The third-order valence-corrected chi connectivity index (χ3v) is 5.29. The molecule has 29 heavy (non-hydrogen) atoms. The Kier molecular flexibility index (Phi) is 9.90. The van der Waals surface area contributed by atoms with Crippen molar-refractivity contribution in [2.45, 2.75) is 39.5 Å². The number of hydrogen-bond acceptors (Lipinski definition) is 3. The van der Waals surface area contributed by atoms with E-state index in [0.29, 0.717) is 19.1 Å². The summed E-state index contributed by atoms with van der Waals surface area (Å²) in [4.78, 5) is 7.06. The van der Waals surface area contributed by atoms with E-state index in [1.807, 2.05) is 24.3 Å². The number of guanidine groups is 1. The summed E-state index contributed by atoms with van der Waals surface area (Å²) in [6, 6.07) is 16.6. The van der Waals surface area contributed by atoms with Gasteiger partial charge in [-0.15, -0.1) is 24.0 Å². The van der Waals surface area contributed by atoms with E-state index >= 15 is 0 Å². The molecule has 2 aromatic rings. The van der Waals surface area contributed by atoms with Gasteiger partial charge in [-0.2, -0.15) is 0 Å². The molecule has 0 amide bonds. The molecule has 3 rings (SSSR count). The average molecular weight is 508 g/mol. The molecule has 0 saturated carbocycles. The van der Waals surface area contributed by atoms with Gasteiger partial charge in [0.1, 0.15) is 0 Å². The first-order valence-electron chi connectivity index (χ1n) is 10.1. The molecule has 1 aliphatic heterocycles. The summed E-state index contributed by atoms with van der Waals surface area (Å²) in [5.74, 6) is 1.28. The van der Waals surface area contributed by atoms with E-state index in [2.05, 4.69) is 46.4 Å². The van der Waals surface area contributed by atoms with Crippen molar-refractivity contribution in [3.8, 4) is 0 Å². The molecule has 5 nitrogen and oxygen atoms in total. The number of likely N-dealkylation sites (tertiary alicyclic amines) is 1. The van der Waals surface area contributed by atoms with Crippen LogP contribution in [-0.4, -0.2) is 31.1 Å². The van der Waals surface area contributed by atoms with E-state index in [-0.39, 0.29) is 24.0 Å². The summed E-state index contributed by atoms with van der Waals surface area (Å²) in [5.41, 5.74) is 10.6. The highest BCUT2D eigenvalue weighted by Gasteiger charge is 2.15. The molecule has 1 aliphatic rings. The fourth-order valence-electron chi connectivity index (χ4n) is 3.58. The van der Waals surface area contributed by atoms with Crippen LogP contribution < -0.4 is 11.1 Å². The normalized spacial score (nSPS) is 15.7. The molecule has 0 unspecified atom stereocenters. The Morgan fingerprint density at radius 1 is 1.14 bits per heavy atom. The van der Waals surface area contributed by atoms with E-state index in [1.54, 1.807) is 7.11 Å². The molecule has 0 spiro atoms. The smallest absolute Gasteiger partial charge is 0.193 e. The van der Waals surface area contributed by atoms with Crippen LogP contribution in [0.25, 0.3) is 0 Å². The molecule has 1 saturated heterocycles. The minimum Gasteiger partial charge on any atom is -0.380 e. The Hall–Kier alpha value is -1.64. The molecular formula is C23H33IN4O. The minimum absolute atomic E-state index is 0. The van der Waals surface area contributed by atoms with Gasteiger partial charge in [-0.3, -0.25) is 4.90 Å². The fraction of sp³-hybridized carbons (Fsp3) is 0.435. The van der Waals surface area contributed by atoms with Gasteiger partial charge < -0.3 is 15.8 Å². The van der Waals surface area contributed by atoms with E-state index in [0.717, 1.165) is 23.7 Å². The second kappa shape index (κ2) is 12.1. The van der Waals surface area contributed by atoms with Crippen molar-refractivity contribution in [1.29, 1.82) is 0 Å². The van der Waals surface area contributed by atoms with Crippen LogP contribution >= 0.6 is 24.0 Å². The number of nitrogens with one attached hydrogen (secondary N) is 1. The zero-order valence-corrected chi connectivity index (χ0v) is 19.8. The number of benzene rings is 2. The average Bonchev–Trinajstić information content (AvgIpc) is 2.70. The van der Waals surface area contributed by atoms with Gasteiger partial charge >= 0.3 is 0 Å².